The van der Waals surface area contributed by atoms with Gasteiger partial charge in [0.05, 0.1) is 24.4 Å². The van der Waals surface area contributed by atoms with Gasteiger partial charge in [0.25, 0.3) is 0 Å². The second kappa shape index (κ2) is 17.3. The number of nitriles is 1. The van der Waals surface area contributed by atoms with Crippen molar-refractivity contribution in [1.29, 1.82) is 10.7 Å². The summed E-state index contributed by atoms with van der Waals surface area (Å²) in [5.41, 5.74) is 7.63. The van der Waals surface area contributed by atoms with E-state index in [1.165, 1.54) is 0 Å². The molecular weight excluding hydrogens is 844 g/mol. The monoisotopic (exact) mass is 894 g/mol. The van der Waals surface area contributed by atoms with Crippen molar-refractivity contribution in [2.75, 3.05) is 39.8 Å². The average molecular weight is 895 g/mol. The van der Waals surface area contributed by atoms with Crippen LogP contribution in [0.25, 0.3) is 33.7 Å². The summed E-state index contributed by atoms with van der Waals surface area (Å²) in [6, 6.07) is 16.2. The van der Waals surface area contributed by atoms with E-state index in [4.69, 9.17) is 35.9 Å². The molecule has 3 aromatic heterocycles. The van der Waals surface area contributed by atoms with Crippen LogP contribution in [0.4, 0.5) is 0 Å². The minimum absolute atomic E-state index is 0.0477. The van der Waals surface area contributed by atoms with Crippen LogP contribution in [-0.2, 0) is 34.3 Å². The number of amides is 1. The van der Waals surface area contributed by atoms with E-state index in [-0.39, 0.29) is 40.3 Å². The Morgan fingerprint density at radius 2 is 1.81 bits per heavy atom. The van der Waals surface area contributed by atoms with Crippen molar-refractivity contribution >= 4 is 38.6 Å². The van der Waals surface area contributed by atoms with Gasteiger partial charge >= 0.3 is 0 Å². The van der Waals surface area contributed by atoms with Gasteiger partial charge in [-0.2, -0.15) is 10.2 Å². The molecule has 2 aliphatic carbocycles. The van der Waals surface area contributed by atoms with Crippen molar-refractivity contribution in [2.45, 2.75) is 82.9 Å². The van der Waals surface area contributed by atoms with Crippen LogP contribution in [0.5, 0.6) is 11.8 Å². The fourth-order valence-electron chi connectivity index (χ4n) is 9.69. The number of β-amino-alcohol motifs (C(OH)–C–C–N with tert-alkyl or cyclic N) is 1. The molecule has 1 amide bonds. The van der Waals surface area contributed by atoms with E-state index in [0.29, 0.717) is 74.8 Å². The minimum Gasteiger partial charge on any atom is -0.481 e. The molecule has 3 N–H and O–H groups in total. The molecule has 4 aliphatic rings. The number of hydrogen-bond donors (Lipinski definition) is 3. The zero-order valence-electron chi connectivity index (χ0n) is 35.6. The van der Waals surface area contributed by atoms with E-state index in [0.717, 1.165) is 71.2 Å². The lowest BCUT2D eigenvalue weighted by atomic mass is 9.87. The Labute approximate surface area is 371 Å². The number of likely N-dealkylation sites (tertiary alicyclic amines) is 2. The van der Waals surface area contributed by atoms with E-state index in [1.54, 1.807) is 17.9 Å². The molecular formula is C46H51ClN8O7S. The first-order valence-corrected chi connectivity index (χ1v) is 23.5. The Hall–Kier alpha value is -5.31. The number of fused-ring (bicyclic) bond motifs is 2. The topological polar surface area (TPSA) is 200 Å². The highest BCUT2D eigenvalue weighted by atomic mass is 35.5. The number of halogens is 1. The smallest absolute Gasteiger partial charge is 0.238 e. The van der Waals surface area contributed by atoms with E-state index >= 15 is 0 Å². The van der Waals surface area contributed by atoms with Gasteiger partial charge in [0, 0.05) is 56.6 Å². The Balaban J connectivity index is 0.914. The van der Waals surface area contributed by atoms with Gasteiger partial charge in [-0.3, -0.25) is 19.8 Å². The number of aliphatic hydroxyl groups is 1. The third kappa shape index (κ3) is 8.33. The normalized spacial score (nSPS) is 22.5. The molecule has 2 aliphatic heterocycles. The second-order valence-electron chi connectivity index (χ2n) is 17.4. The fourth-order valence-corrected chi connectivity index (χ4v) is 11.7. The van der Waals surface area contributed by atoms with Gasteiger partial charge in [-0.25, -0.2) is 13.4 Å². The predicted octanol–water partition coefficient (Wildman–Crippen LogP) is 5.88. The number of methoxy groups -OCH3 is 1. The second-order valence-corrected chi connectivity index (χ2v) is 19.7. The summed E-state index contributed by atoms with van der Waals surface area (Å²) in [7, 11) is -2.11. The predicted molar refractivity (Wildman–Crippen MR) is 235 cm³/mol. The molecule has 3 fully saturated rings. The molecule has 2 saturated heterocycles. The SMILES string of the molecule is COc1nc(O[C@H]2CCc3c(-c4cccc(-c5nc6c(=N)n(CCN7CC[C@@H](C(=O)NS(=O)(=O)C8CCC8C)C7)cc(C#N)c6o5)c4C)cccc32)c(Cl)cc1CN1CC[C@@H](O)C1. The summed E-state index contributed by atoms with van der Waals surface area (Å²) in [4.78, 5) is 26.6. The Morgan fingerprint density at radius 3 is 2.54 bits per heavy atom. The molecule has 0 spiro atoms. The van der Waals surface area contributed by atoms with Crippen LogP contribution in [0.2, 0.25) is 5.02 Å². The number of pyridine rings is 2. The molecule has 15 nitrogen and oxygen atoms in total. The first kappa shape index (κ1) is 43.0. The molecule has 63 heavy (non-hydrogen) atoms. The van der Waals surface area contributed by atoms with Crippen molar-refractivity contribution in [2.24, 2.45) is 11.8 Å². The Bertz CT molecular complexity index is 2820. The highest BCUT2D eigenvalue weighted by Crippen LogP contribution is 2.44. The van der Waals surface area contributed by atoms with Crippen molar-refractivity contribution in [3.8, 4) is 40.4 Å². The number of aromatic nitrogens is 3. The van der Waals surface area contributed by atoms with Crippen LogP contribution in [0.15, 0.2) is 53.1 Å². The number of ether oxygens (including phenoxy) is 2. The number of oxazole rings is 1. The third-order valence-electron chi connectivity index (χ3n) is 13.4. The summed E-state index contributed by atoms with van der Waals surface area (Å²) in [6.07, 6.45) is 5.18. The van der Waals surface area contributed by atoms with Gasteiger partial charge in [0.2, 0.25) is 33.6 Å². The summed E-state index contributed by atoms with van der Waals surface area (Å²) in [6.45, 7) is 7.74. The molecule has 17 heteroatoms. The maximum absolute atomic E-state index is 12.9. The lowest BCUT2D eigenvalue weighted by Crippen LogP contribution is -2.47. The van der Waals surface area contributed by atoms with Crippen LogP contribution < -0.4 is 19.7 Å². The number of nitrogens with zero attached hydrogens (tertiary/aromatic N) is 6. The van der Waals surface area contributed by atoms with Gasteiger partial charge in [-0.05, 0) is 97.9 Å². The molecule has 330 valence electrons. The number of rotatable bonds is 13. The van der Waals surface area contributed by atoms with Crippen LogP contribution >= 0.6 is 11.6 Å². The number of carbonyl (C=O) groups excluding carboxylic acids is 1. The maximum Gasteiger partial charge on any atom is 0.238 e. The number of nitrogens with one attached hydrogen (secondary N) is 2. The van der Waals surface area contributed by atoms with Crippen LogP contribution in [0.3, 0.4) is 0 Å². The van der Waals surface area contributed by atoms with Crippen LogP contribution in [0, 0.1) is 35.5 Å². The first-order chi connectivity index (χ1) is 30.3. The standard InChI is InChI=1S/C46H51ClN8O7S/c1-26-10-13-39(26)63(58,59)52-43(57)28-14-16-53(22-28)18-19-55-24-30(21-48)41-40(42(55)49)50-45(62-41)33-7-4-6-32(27(33)2)34-8-5-9-36-35(34)11-12-38(36)61-46-37(47)20-29(44(51-46)60-3)23-54-17-15-31(56)25-54/h4-9,20,24,26,28,31,38-39,49,56H,10-19,22-23,25H2,1-3H3,(H,52,57)/t26?,28-,31-,38+,39?/m1/s1. The lowest BCUT2D eigenvalue weighted by molar-refractivity contribution is -0.122. The summed E-state index contributed by atoms with van der Waals surface area (Å²) in [5.74, 6) is 0.202. The zero-order valence-corrected chi connectivity index (χ0v) is 37.1. The largest absolute Gasteiger partial charge is 0.481 e. The zero-order chi connectivity index (χ0) is 44.2. The number of carbonyl (C=O) groups is 1. The fraction of sp³-hybridized carbons (Fsp3) is 0.457. The quantitative estimate of drug-likeness (QED) is 0.127. The van der Waals surface area contributed by atoms with Crippen molar-refractivity contribution in [3.05, 3.63) is 87.0 Å². The summed E-state index contributed by atoms with van der Waals surface area (Å²) >= 11 is 6.77. The molecule has 0 radical (unpaired) electrons. The average Bonchev–Trinajstić information content (AvgIpc) is 4.08. The Morgan fingerprint density at radius 1 is 1.03 bits per heavy atom. The van der Waals surface area contributed by atoms with Gasteiger partial charge < -0.3 is 28.5 Å². The molecule has 0 bridgehead atoms. The first-order valence-electron chi connectivity index (χ1n) is 21.6. The lowest BCUT2D eigenvalue weighted by Gasteiger charge is -2.33. The molecule has 2 aromatic carbocycles. The number of sulfonamides is 1. The van der Waals surface area contributed by atoms with E-state index in [1.807, 2.05) is 38.1 Å². The summed E-state index contributed by atoms with van der Waals surface area (Å²) < 4.78 is 47.9. The molecule has 9 rings (SSSR count). The number of hydrogen-bond acceptors (Lipinski definition) is 13. The van der Waals surface area contributed by atoms with Crippen molar-refractivity contribution in [3.63, 3.8) is 0 Å². The molecule has 1 saturated carbocycles. The van der Waals surface area contributed by atoms with Gasteiger partial charge in [-0.1, -0.05) is 48.9 Å². The molecule has 2 unspecified atom stereocenters. The van der Waals surface area contributed by atoms with Crippen molar-refractivity contribution in [1.82, 2.24) is 29.1 Å². The van der Waals surface area contributed by atoms with E-state index < -0.39 is 27.1 Å². The highest BCUT2D eigenvalue weighted by molar-refractivity contribution is 7.90. The third-order valence-corrected chi connectivity index (χ3v) is 15.7. The van der Waals surface area contributed by atoms with Crippen LogP contribution in [0.1, 0.15) is 72.9 Å². The highest BCUT2D eigenvalue weighted by Gasteiger charge is 2.40. The Kier molecular flexibility index (Phi) is 11.8. The van der Waals surface area contributed by atoms with Crippen molar-refractivity contribution < 1.29 is 32.2 Å². The molecule has 5 aromatic rings. The molecule has 5 heterocycles. The number of benzene rings is 2. The maximum atomic E-state index is 12.9. The minimum atomic E-state index is -3.69. The number of aliphatic hydroxyl groups excluding tert-OH is 1. The summed E-state index contributed by atoms with van der Waals surface area (Å²) in [5, 5.41) is 29.2. The van der Waals surface area contributed by atoms with Crippen LogP contribution in [-0.4, -0.2) is 95.0 Å². The van der Waals surface area contributed by atoms with Gasteiger partial charge in [0.15, 0.2) is 16.6 Å². The molecule has 5 atom stereocenters. The van der Waals surface area contributed by atoms with Gasteiger partial charge in [-0.15, -0.1) is 0 Å². The van der Waals surface area contributed by atoms with Gasteiger partial charge in [0.1, 0.15) is 22.8 Å². The van der Waals surface area contributed by atoms with E-state index in [9.17, 15) is 23.6 Å². The van der Waals surface area contributed by atoms with E-state index in [2.05, 4.69) is 43.8 Å².